The zero-order valence-corrected chi connectivity index (χ0v) is 8.58. The Balaban J connectivity index is 2.34. The molecule has 2 heteroatoms. The second-order valence-corrected chi connectivity index (χ2v) is 3.86. The summed E-state index contributed by atoms with van der Waals surface area (Å²) in [5, 5.41) is 8.67. The Morgan fingerprint density at radius 3 is 2.92 bits per heavy atom. The highest BCUT2D eigenvalue weighted by atomic mass is 15.1. The van der Waals surface area contributed by atoms with E-state index in [1.807, 2.05) is 0 Å². The molecule has 1 heterocycles. The molecule has 0 saturated heterocycles. The first-order valence-corrected chi connectivity index (χ1v) is 5.07. The molecule has 0 aliphatic carbocycles. The number of nitriles is 1. The molecule has 1 atom stereocenters. The molecule has 13 heavy (non-hydrogen) atoms. The summed E-state index contributed by atoms with van der Waals surface area (Å²) in [7, 11) is 0. The predicted octanol–water partition coefficient (Wildman–Crippen LogP) is 2.19. The van der Waals surface area contributed by atoms with Gasteiger partial charge in [0.15, 0.2) is 0 Å². The quantitative estimate of drug-likeness (QED) is 0.662. The Morgan fingerprint density at radius 1 is 1.69 bits per heavy atom. The second kappa shape index (κ2) is 5.04. The van der Waals surface area contributed by atoms with Gasteiger partial charge in [-0.3, -0.25) is 4.90 Å². The molecule has 0 saturated carbocycles. The lowest BCUT2D eigenvalue weighted by molar-refractivity contribution is 0.252. The van der Waals surface area contributed by atoms with Crippen LogP contribution in [0.5, 0.6) is 0 Å². The van der Waals surface area contributed by atoms with Crippen molar-refractivity contribution < 1.29 is 0 Å². The van der Waals surface area contributed by atoms with E-state index in [0.717, 1.165) is 31.0 Å². The summed E-state index contributed by atoms with van der Waals surface area (Å²) in [4.78, 5) is 2.43. The van der Waals surface area contributed by atoms with Crippen LogP contribution in [0.15, 0.2) is 11.6 Å². The highest BCUT2D eigenvalue weighted by molar-refractivity contribution is 5.22. The van der Waals surface area contributed by atoms with E-state index >= 15 is 0 Å². The molecule has 2 nitrogen and oxygen atoms in total. The smallest absolute Gasteiger partial charge is 0.0944 e. The summed E-state index contributed by atoms with van der Waals surface area (Å²) in [5.74, 6) is 0.775. The first kappa shape index (κ1) is 10.3. The van der Waals surface area contributed by atoms with E-state index in [9.17, 15) is 0 Å². The standard InChI is InChI=1S/C11H18N2/c1-3-10(2)9-13-6-4-11(8-12)5-7-13/h4,10H,3,5-7,9H2,1-2H3. The third-order valence-electron chi connectivity index (χ3n) is 2.70. The maximum atomic E-state index is 8.67. The fourth-order valence-electron chi connectivity index (χ4n) is 1.55. The van der Waals surface area contributed by atoms with E-state index in [-0.39, 0.29) is 0 Å². The van der Waals surface area contributed by atoms with E-state index in [1.165, 1.54) is 13.0 Å². The van der Waals surface area contributed by atoms with Crippen molar-refractivity contribution in [2.75, 3.05) is 19.6 Å². The molecule has 0 aromatic heterocycles. The van der Waals surface area contributed by atoms with Gasteiger partial charge in [0.1, 0.15) is 0 Å². The number of rotatable bonds is 3. The Morgan fingerprint density at radius 2 is 2.46 bits per heavy atom. The fourth-order valence-corrected chi connectivity index (χ4v) is 1.55. The van der Waals surface area contributed by atoms with Gasteiger partial charge in [-0.2, -0.15) is 5.26 Å². The van der Waals surface area contributed by atoms with Crippen LogP contribution in [0, 0.1) is 17.2 Å². The van der Waals surface area contributed by atoms with E-state index in [1.54, 1.807) is 0 Å². The van der Waals surface area contributed by atoms with Crippen LogP contribution < -0.4 is 0 Å². The van der Waals surface area contributed by atoms with Gasteiger partial charge in [-0.25, -0.2) is 0 Å². The van der Waals surface area contributed by atoms with Crippen LogP contribution in [0.4, 0.5) is 0 Å². The lowest BCUT2D eigenvalue weighted by Gasteiger charge is -2.26. The molecular weight excluding hydrogens is 160 g/mol. The molecule has 0 N–H and O–H groups in total. The molecule has 0 bridgehead atoms. The summed E-state index contributed by atoms with van der Waals surface area (Å²) in [5.41, 5.74) is 0.959. The molecular formula is C11H18N2. The fraction of sp³-hybridized carbons (Fsp3) is 0.727. The van der Waals surface area contributed by atoms with E-state index in [0.29, 0.717) is 0 Å². The first-order chi connectivity index (χ1) is 6.26. The monoisotopic (exact) mass is 178 g/mol. The van der Waals surface area contributed by atoms with Gasteiger partial charge in [0.2, 0.25) is 0 Å². The van der Waals surface area contributed by atoms with E-state index in [2.05, 4.69) is 30.9 Å². The van der Waals surface area contributed by atoms with Crippen LogP contribution >= 0.6 is 0 Å². The Labute approximate surface area is 80.8 Å². The highest BCUT2D eigenvalue weighted by Crippen LogP contribution is 2.12. The highest BCUT2D eigenvalue weighted by Gasteiger charge is 2.12. The summed E-state index contributed by atoms with van der Waals surface area (Å²) in [6.45, 7) is 7.71. The second-order valence-electron chi connectivity index (χ2n) is 3.86. The van der Waals surface area contributed by atoms with Gasteiger partial charge in [0.25, 0.3) is 0 Å². The van der Waals surface area contributed by atoms with Crippen molar-refractivity contribution in [3.8, 4) is 6.07 Å². The Bertz CT molecular complexity index is 225. The molecule has 72 valence electrons. The maximum absolute atomic E-state index is 8.67. The molecule has 1 aliphatic heterocycles. The zero-order chi connectivity index (χ0) is 9.68. The largest absolute Gasteiger partial charge is 0.299 e. The van der Waals surface area contributed by atoms with Crippen LogP contribution in [-0.4, -0.2) is 24.5 Å². The van der Waals surface area contributed by atoms with Crippen LogP contribution in [0.1, 0.15) is 26.7 Å². The minimum atomic E-state index is 0.775. The van der Waals surface area contributed by atoms with E-state index in [4.69, 9.17) is 5.26 Å². The van der Waals surface area contributed by atoms with Crippen molar-refractivity contribution in [1.29, 1.82) is 5.26 Å². The normalized spacial score (nSPS) is 20.5. The van der Waals surface area contributed by atoms with Gasteiger partial charge in [0.05, 0.1) is 6.07 Å². The summed E-state index contributed by atoms with van der Waals surface area (Å²) in [6, 6.07) is 2.23. The zero-order valence-electron chi connectivity index (χ0n) is 8.58. The Kier molecular flexibility index (Phi) is 3.98. The minimum Gasteiger partial charge on any atom is -0.299 e. The molecule has 0 radical (unpaired) electrons. The van der Waals surface area contributed by atoms with Crippen LogP contribution in [0.3, 0.4) is 0 Å². The summed E-state index contributed by atoms with van der Waals surface area (Å²) < 4.78 is 0. The molecule has 0 amide bonds. The van der Waals surface area contributed by atoms with Crippen molar-refractivity contribution in [3.05, 3.63) is 11.6 Å². The maximum Gasteiger partial charge on any atom is 0.0944 e. The van der Waals surface area contributed by atoms with E-state index < -0.39 is 0 Å². The number of hydrogen-bond donors (Lipinski definition) is 0. The van der Waals surface area contributed by atoms with Gasteiger partial charge in [-0.1, -0.05) is 26.3 Å². The molecule has 0 fully saturated rings. The van der Waals surface area contributed by atoms with Gasteiger partial charge in [0, 0.05) is 25.2 Å². The lowest BCUT2D eigenvalue weighted by atomic mass is 10.1. The average molecular weight is 178 g/mol. The summed E-state index contributed by atoms with van der Waals surface area (Å²) >= 11 is 0. The van der Waals surface area contributed by atoms with Crippen LogP contribution in [0.25, 0.3) is 0 Å². The van der Waals surface area contributed by atoms with Gasteiger partial charge in [-0.15, -0.1) is 0 Å². The Hall–Kier alpha value is -0.810. The third-order valence-corrected chi connectivity index (χ3v) is 2.70. The van der Waals surface area contributed by atoms with Crippen molar-refractivity contribution in [2.45, 2.75) is 26.7 Å². The molecule has 1 rings (SSSR count). The van der Waals surface area contributed by atoms with Crippen molar-refractivity contribution in [1.82, 2.24) is 4.90 Å². The molecule has 0 aromatic rings. The van der Waals surface area contributed by atoms with Crippen molar-refractivity contribution in [3.63, 3.8) is 0 Å². The summed E-state index contributed by atoms with van der Waals surface area (Å²) in [6.07, 6.45) is 4.24. The van der Waals surface area contributed by atoms with Crippen molar-refractivity contribution >= 4 is 0 Å². The van der Waals surface area contributed by atoms with Gasteiger partial charge < -0.3 is 0 Å². The minimum absolute atomic E-state index is 0.775. The molecule has 0 spiro atoms. The molecule has 1 unspecified atom stereocenters. The molecule has 1 aliphatic rings. The first-order valence-electron chi connectivity index (χ1n) is 5.07. The average Bonchev–Trinajstić information content (AvgIpc) is 2.19. The SMILES string of the molecule is CCC(C)CN1CC=C(C#N)CC1. The number of nitrogens with zero attached hydrogens (tertiary/aromatic N) is 2. The van der Waals surface area contributed by atoms with Gasteiger partial charge in [-0.05, 0) is 12.3 Å². The van der Waals surface area contributed by atoms with Gasteiger partial charge >= 0.3 is 0 Å². The van der Waals surface area contributed by atoms with Crippen LogP contribution in [-0.2, 0) is 0 Å². The van der Waals surface area contributed by atoms with Crippen LogP contribution in [0.2, 0.25) is 0 Å². The number of hydrogen-bond acceptors (Lipinski definition) is 2. The molecule has 0 aromatic carbocycles. The third kappa shape index (κ3) is 3.20. The van der Waals surface area contributed by atoms with Crippen molar-refractivity contribution in [2.24, 2.45) is 5.92 Å². The lowest BCUT2D eigenvalue weighted by Crippen LogP contribution is -2.32. The predicted molar refractivity (Wildman–Crippen MR) is 54.2 cm³/mol. The topological polar surface area (TPSA) is 27.0 Å².